The normalized spacial score (nSPS) is 33.7. The number of carbonyl (C=O) groups excluding carboxylic acids is 1. The van der Waals surface area contributed by atoms with Gasteiger partial charge in [-0.15, -0.1) is 0 Å². The lowest BCUT2D eigenvalue weighted by Gasteiger charge is -2.40. The van der Waals surface area contributed by atoms with E-state index in [4.69, 9.17) is 0 Å². The highest BCUT2D eigenvalue weighted by molar-refractivity contribution is 7.93. The van der Waals surface area contributed by atoms with Gasteiger partial charge in [0.2, 0.25) is 15.9 Å². The number of nitrogens with zero attached hydrogens (tertiary/aromatic N) is 2. The molecule has 0 aromatic heterocycles. The number of rotatable bonds is 3. The summed E-state index contributed by atoms with van der Waals surface area (Å²) >= 11 is 0. The minimum absolute atomic E-state index is 0.00523. The number of anilines is 1. The molecule has 3 aliphatic carbocycles. The summed E-state index contributed by atoms with van der Waals surface area (Å²) in [5.41, 5.74) is 2.66. The summed E-state index contributed by atoms with van der Waals surface area (Å²) in [5, 5.41) is 0. The summed E-state index contributed by atoms with van der Waals surface area (Å²) in [6.07, 6.45) is 3.54. The van der Waals surface area contributed by atoms with E-state index in [0.717, 1.165) is 29.6 Å². The third-order valence-electron chi connectivity index (χ3n) is 10.9. The number of amides is 1. The van der Waals surface area contributed by atoms with Crippen molar-refractivity contribution in [1.29, 1.82) is 0 Å². The van der Waals surface area contributed by atoms with Crippen LogP contribution in [0.3, 0.4) is 0 Å². The zero-order valence-corrected chi connectivity index (χ0v) is 24.1. The van der Waals surface area contributed by atoms with Gasteiger partial charge in [0.15, 0.2) is 0 Å². The van der Waals surface area contributed by atoms with E-state index in [0.29, 0.717) is 30.9 Å². The van der Waals surface area contributed by atoms with Crippen molar-refractivity contribution in [2.75, 3.05) is 10.1 Å². The lowest BCUT2D eigenvalue weighted by molar-refractivity contribution is -0.133. The zero-order chi connectivity index (χ0) is 27.5. The molecule has 2 bridgehead atoms. The van der Waals surface area contributed by atoms with Crippen LogP contribution >= 0.6 is 0 Å². The molecule has 206 valence electrons. The molecule has 1 amide bonds. The molecule has 2 heterocycles. The van der Waals surface area contributed by atoms with Gasteiger partial charge >= 0.3 is 0 Å². The van der Waals surface area contributed by atoms with E-state index in [9.17, 15) is 21.6 Å². The van der Waals surface area contributed by atoms with Crippen molar-refractivity contribution < 1.29 is 21.6 Å². The van der Waals surface area contributed by atoms with Gasteiger partial charge in [-0.2, -0.15) is 0 Å². The van der Waals surface area contributed by atoms with Gasteiger partial charge in [0.1, 0.15) is 0 Å². The molecule has 0 N–H and O–H groups in total. The van der Waals surface area contributed by atoms with E-state index in [-0.39, 0.29) is 22.1 Å². The number of hydrogen-bond donors (Lipinski definition) is 0. The fourth-order valence-electron chi connectivity index (χ4n) is 8.82. The third kappa shape index (κ3) is 3.11. The largest absolute Gasteiger partial charge is 0.273 e. The van der Waals surface area contributed by atoms with E-state index in [2.05, 4.69) is 13.8 Å². The second-order valence-electron chi connectivity index (χ2n) is 12.7. The molecule has 0 radical (unpaired) electrons. The Hall–Kier alpha value is -2.65. The van der Waals surface area contributed by atoms with Gasteiger partial charge in [-0.25, -0.2) is 21.1 Å². The van der Waals surface area contributed by atoms with Crippen LogP contribution < -0.4 is 4.31 Å². The molecular weight excluding hydrogens is 532 g/mol. The monoisotopic (exact) mass is 566 g/mol. The highest BCUT2D eigenvalue weighted by Gasteiger charge is 2.72. The summed E-state index contributed by atoms with van der Waals surface area (Å²) in [7, 11) is -7.86. The quantitative estimate of drug-likeness (QED) is 0.532. The van der Waals surface area contributed by atoms with Crippen LogP contribution in [0, 0.1) is 22.7 Å². The van der Waals surface area contributed by atoms with Gasteiger partial charge in [-0.3, -0.25) is 9.10 Å². The standard InChI is InChI=1S/C30H34N2O5S2/c1-19-13-14-23(28(33)32-25-17-20-15-16-30(25,29(20,2)3)18-38(32,34)35)27-26(19)22-11-7-8-12-24(22)31(27)39(36,37)21-9-5-4-6-10-21/h4-12,20,23,25,27H,13-18H2,1-3H3/t20?,23?,25?,27-,30-/m0/s1. The molecule has 5 aliphatic rings. The van der Waals surface area contributed by atoms with E-state index in [1.807, 2.05) is 25.1 Å². The van der Waals surface area contributed by atoms with Crippen LogP contribution in [0.15, 0.2) is 65.1 Å². The average Bonchev–Trinajstić information content (AvgIpc) is 3.52. The predicted molar refractivity (Wildman–Crippen MR) is 150 cm³/mol. The summed E-state index contributed by atoms with van der Waals surface area (Å²) in [4.78, 5) is 14.7. The molecule has 1 saturated heterocycles. The SMILES string of the molecule is CC1=C2c3ccccc3N(S(=O)(=O)c3ccccc3)[C@H]2C(C(=O)N2C3CC4CC[C@@]3(CS2(=O)=O)C4(C)C)CC1. The molecule has 5 atom stereocenters. The van der Waals surface area contributed by atoms with Crippen LogP contribution in [0.5, 0.6) is 0 Å². The highest BCUT2D eigenvalue weighted by atomic mass is 32.2. The molecule has 9 heteroatoms. The molecule has 3 unspecified atom stereocenters. The van der Waals surface area contributed by atoms with Crippen LogP contribution in [0.25, 0.3) is 5.57 Å². The Bertz CT molecular complexity index is 1650. The number of carbonyl (C=O) groups is 1. The molecule has 7 nitrogen and oxygen atoms in total. The van der Waals surface area contributed by atoms with E-state index in [1.165, 1.54) is 8.61 Å². The van der Waals surface area contributed by atoms with Gasteiger partial charge in [-0.05, 0) is 74.1 Å². The van der Waals surface area contributed by atoms with E-state index in [1.54, 1.807) is 36.4 Å². The lowest BCUT2D eigenvalue weighted by Crippen LogP contribution is -2.53. The van der Waals surface area contributed by atoms with Crippen molar-refractivity contribution in [2.24, 2.45) is 22.7 Å². The summed E-state index contributed by atoms with van der Waals surface area (Å²) in [5.74, 6) is -0.827. The Morgan fingerprint density at radius 3 is 2.41 bits per heavy atom. The molecule has 39 heavy (non-hydrogen) atoms. The van der Waals surface area contributed by atoms with Gasteiger partial charge < -0.3 is 0 Å². The molecule has 2 saturated carbocycles. The second-order valence-corrected chi connectivity index (χ2v) is 16.3. The number of hydrogen-bond acceptors (Lipinski definition) is 5. The Morgan fingerprint density at radius 2 is 1.69 bits per heavy atom. The second kappa shape index (κ2) is 7.97. The number of allylic oxidation sites excluding steroid dienone is 1. The van der Waals surface area contributed by atoms with Crippen molar-refractivity contribution >= 4 is 37.2 Å². The topological polar surface area (TPSA) is 91.8 Å². The molecule has 2 aromatic rings. The van der Waals surface area contributed by atoms with Crippen LogP contribution in [-0.4, -0.2) is 44.9 Å². The fourth-order valence-corrected chi connectivity index (χ4v) is 13.1. The van der Waals surface area contributed by atoms with Crippen molar-refractivity contribution in [1.82, 2.24) is 4.31 Å². The minimum atomic E-state index is -4.03. The highest BCUT2D eigenvalue weighted by Crippen LogP contribution is 2.70. The molecule has 2 aliphatic heterocycles. The Labute approximate surface area is 231 Å². The summed E-state index contributed by atoms with van der Waals surface area (Å²) in [6, 6.07) is 14.5. The van der Waals surface area contributed by atoms with Gasteiger partial charge in [0.05, 0.1) is 34.3 Å². The first kappa shape index (κ1) is 25.3. The van der Waals surface area contributed by atoms with Crippen LogP contribution in [0.2, 0.25) is 0 Å². The number of sulfonamides is 2. The van der Waals surface area contributed by atoms with Crippen molar-refractivity contribution in [3.63, 3.8) is 0 Å². The molecule has 1 spiro atoms. The number of para-hydroxylation sites is 1. The average molecular weight is 567 g/mol. The minimum Gasteiger partial charge on any atom is -0.273 e. The van der Waals surface area contributed by atoms with Gasteiger partial charge in [0, 0.05) is 11.0 Å². The number of benzene rings is 2. The lowest BCUT2D eigenvalue weighted by atomic mass is 9.69. The first-order chi connectivity index (χ1) is 18.4. The summed E-state index contributed by atoms with van der Waals surface area (Å²) < 4.78 is 58.6. The van der Waals surface area contributed by atoms with Crippen molar-refractivity contribution in [3.8, 4) is 0 Å². The Morgan fingerprint density at radius 1 is 1.00 bits per heavy atom. The zero-order valence-electron chi connectivity index (χ0n) is 22.5. The van der Waals surface area contributed by atoms with Gasteiger partial charge in [-0.1, -0.05) is 55.8 Å². The smallest absolute Gasteiger partial charge is 0.264 e. The van der Waals surface area contributed by atoms with Gasteiger partial charge in [0.25, 0.3) is 10.0 Å². The molecule has 3 fully saturated rings. The third-order valence-corrected chi connectivity index (χ3v) is 14.6. The first-order valence-corrected chi connectivity index (χ1v) is 16.9. The maximum atomic E-state index is 14.6. The van der Waals surface area contributed by atoms with Crippen LogP contribution in [0.4, 0.5) is 5.69 Å². The van der Waals surface area contributed by atoms with Crippen LogP contribution in [0.1, 0.15) is 58.4 Å². The molecule has 2 aromatic carbocycles. The maximum absolute atomic E-state index is 14.6. The summed E-state index contributed by atoms with van der Waals surface area (Å²) in [6.45, 7) is 6.33. The molecular formula is C30H34N2O5S2. The fraction of sp³-hybridized carbons (Fsp3) is 0.500. The Balaban J connectivity index is 1.36. The first-order valence-electron chi connectivity index (χ1n) is 13.9. The molecule has 7 rings (SSSR count). The van der Waals surface area contributed by atoms with Crippen molar-refractivity contribution in [3.05, 3.63) is 65.7 Å². The van der Waals surface area contributed by atoms with Crippen molar-refractivity contribution in [2.45, 2.75) is 69.9 Å². The van der Waals surface area contributed by atoms with E-state index >= 15 is 0 Å². The predicted octanol–water partition coefficient (Wildman–Crippen LogP) is 4.81. The van der Waals surface area contributed by atoms with Crippen LogP contribution in [-0.2, 0) is 24.8 Å². The van der Waals surface area contributed by atoms with E-state index < -0.39 is 43.3 Å². The number of fused-ring (bicyclic) bond motifs is 4. The maximum Gasteiger partial charge on any atom is 0.264 e. The Kier molecular flexibility index (Phi) is 5.17.